The van der Waals surface area contributed by atoms with Crippen LogP contribution in [0.1, 0.15) is 56.7 Å². The molecular weight excluding hydrogens is 318 g/mol. The number of nitrogens with one attached hydrogen (secondary N) is 2. The molecule has 0 aliphatic carbocycles. The summed E-state index contributed by atoms with van der Waals surface area (Å²) in [6.07, 6.45) is 3.83. The summed E-state index contributed by atoms with van der Waals surface area (Å²) in [5.74, 6) is 2.13. The number of aliphatic imine (C=N–C) groups is 1. The molecule has 2 heterocycles. The summed E-state index contributed by atoms with van der Waals surface area (Å²) in [6.45, 7) is 12.1. The fraction of sp³-hybridized carbons (Fsp3) is 0.778. The van der Waals surface area contributed by atoms with E-state index >= 15 is 0 Å². The third-order valence-electron chi connectivity index (χ3n) is 4.60. The molecule has 1 aliphatic rings. The lowest BCUT2D eigenvalue weighted by atomic mass is 9.97. The van der Waals surface area contributed by atoms with Crippen molar-refractivity contribution in [2.75, 3.05) is 33.2 Å². The van der Waals surface area contributed by atoms with Crippen LogP contribution in [0.5, 0.6) is 0 Å². The van der Waals surface area contributed by atoms with E-state index in [0.29, 0.717) is 5.92 Å². The van der Waals surface area contributed by atoms with Gasteiger partial charge in [0.15, 0.2) is 5.96 Å². The van der Waals surface area contributed by atoms with Crippen LogP contribution < -0.4 is 10.6 Å². The molecule has 2 rings (SSSR count). The zero-order valence-corrected chi connectivity index (χ0v) is 16.5. The molecule has 5 nitrogen and oxygen atoms in total. The molecule has 6 heteroatoms. The van der Waals surface area contributed by atoms with Crippen LogP contribution in [-0.2, 0) is 6.54 Å². The molecule has 24 heavy (non-hydrogen) atoms. The van der Waals surface area contributed by atoms with E-state index in [1.54, 1.807) is 11.3 Å². The molecule has 0 radical (unpaired) electrons. The molecule has 1 fully saturated rings. The Morgan fingerprint density at radius 2 is 2.12 bits per heavy atom. The Balaban J connectivity index is 1.69. The van der Waals surface area contributed by atoms with E-state index < -0.39 is 0 Å². The van der Waals surface area contributed by atoms with Gasteiger partial charge in [-0.2, -0.15) is 0 Å². The summed E-state index contributed by atoms with van der Waals surface area (Å²) >= 11 is 1.72. The first kappa shape index (κ1) is 19.2. The Bertz CT molecular complexity index is 503. The lowest BCUT2D eigenvalue weighted by molar-refractivity contribution is 0.185. The van der Waals surface area contributed by atoms with Crippen molar-refractivity contribution in [2.45, 2.75) is 52.5 Å². The second-order valence-electron chi connectivity index (χ2n) is 6.91. The van der Waals surface area contributed by atoms with E-state index in [1.807, 2.05) is 7.05 Å². The van der Waals surface area contributed by atoms with Gasteiger partial charge in [0, 0.05) is 19.0 Å². The normalized spacial score (nSPS) is 17.5. The van der Waals surface area contributed by atoms with Gasteiger partial charge in [-0.1, -0.05) is 20.8 Å². The minimum absolute atomic E-state index is 0.492. The van der Waals surface area contributed by atoms with Gasteiger partial charge >= 0.3 is 0 Å². The summed E-state index contributed by atoms with van der Waals surface area (Å²) in [4.78, 5) is 11.6. The zero-order valence-electron chi connectivity index (χ0n) is 15.6. The van der Waals surface area contributed by atoms with E-state index in [1.165, 1.54) is 44.6 Å². The van der Waals surface area contributed by atoms with Crippen molar-refractivity contribution in [3.05, 3.63) is 16.1 Å². The maximum Gasteiger partial charge on any atom is 0.191 e. The third-order valence-corrected chi connectivity index (χ3v) is 5.46. The molecule has 2 N–H and O–H groups in total. The highest BCUT2D eigenvalue weighted by Crippen LogP contribution is 2.18. The molecule has 0 atom stereocenters. The van der Waals surface area contributed by atoms with E-state index in [-0.39, 0.29) is 0 Å². The second-order valence-corrected chi connectivity index (χ2v) is 7.86. The quantitative estimate of drug-likeness (QED) is 0.586. The Morgan fingerprint density at radius 3 is 2.71 bits per heavy atom. The molecule has 0 unspecified atom stereocenters. The average molecular weight is 352 g/mol. The molecule has 1 aliphatic heterocycles. The minimum Gasteiger partial charge on any atom is -0.356 e. The maximum atomic E-state index is 4.66. The van der Waals surface area contributed by atoms with Gasteiger partial charge in [-0.3, -0.25) is 4.99 Å². The highest BCUT2D eigenvalue weighted by molar-refractivity contribution is 7.09. The fourth-order valence-corrected chi connectivity index (χ4v) is 3.92. The van der Waals surface area contributed by atoms with Gasteiger partial charge in [-0.05, 0) is 50.7 Å². The van der Waals surface area contributed by atoms with Crippen molar-refractivity contribution < 1.29 is 0 Å². The van der Waals surface area contributed by atoms with Crippen LogP contribution in [0.3, 0.4) is 0 Å². The van der Waals surface area contributed by atoms with Crippen LogP contribution in [0.25, 0.3) is 0 Å². The largest absolute Gasteiger partial charge is 0.356 e. The van der Waals surface area contributed by atoms with Crippen molar-refractivity contribution in [2.24, 2.45) is 10.9 Å². The number of thiazole rings is 1. The molecule has 1 aromatic rings. The number of rotatable bonds is 7. The van der Waals surface area contributed by atoms with E-state index in [0.717, 1.165) is 30.0 Å². The number of guanidine groups is 1. The van der Waals surface area contributed by atoms with Crippen LogP contribution in [0.2, 0.25) is 0 Å². The number of nitrogens with zero attached hydrogens (tertiary/aromatic N) is 3. The lowest BCUT2D eigenvalue weighted by Crippen LogP contribution is -2.42. The first-order valence-electron chi connectivity index (χ1n) is 9.23. The SMILES string of the molecule is CCCN1CCC(CNC(=NC)NCc2nc(C(C)C)cs2)CC1. The third kappa shape index (κ3) is 6.06. The van der Waals surface area contributed by atoms with Gasteiger partial charge in [-0.15, -0.1) is 11.3 Å². The van der Waals surface area contributed by atoms with Crippen LogP contribution in [0.15, 0.2) is 10.4 Å². The van der Waals surface area contributed by atoms with Gasteiger partial charge in [0.25, 0.3) is 0 Å². The van der Waals surface area contributed by atoms with Crippen molar-refractivity contribution in [1.29, 1.82) is 0 Å². The van der Waals surface area contributed by atoms with Gasteiger partial charge in [-0.25, -0.2) is 4.98 Å². The first-order chi connectivity index (χ1) is 11.6. The monoisotopic (exact) mass is 351 g/mol. The standard InChI is InChI=1S/C18H33N5S/c1-5-8-23-9-6-15(7-10-23)11-20-18(19-4)21-12-17-22-16(13-24-17)14(2)3/h13-15H,5-12H2,1-4H3,(H2,19,20,21). The minimum atomic E-state index is 0.492. The highest BCUT2D eigenvalue weighted by atomic mass is 32.1. The first-order valence-corrected chi connectivity index (χ1v) is 10.1. The maximum absolute atomic E-state index is 4.66. The summed E-state index contributed by atoms with van der Waals surface area (Å²) in [5.41, 5.74) is 1.18. The van der Waals surface area contributed by atoms with Crippen molar-refractivity contribution in [3.63, 3.8) is 0 Å². The molecule has 1 saturated heterocycles. The summed E-state index contributed by atoms with van der Waals surface area (Å²) in [5, 5.41) is 10.1. The topological polar surface area (TPSA) is 52.5 Å². The average Bonchev–Trinajstić information content (AvgIpc) is 3.06. The van der Waals surface area contributed by atoms with E-state index in [9.17, 15) is 0 Å². The Hall–Kier alpha value is -1.14. The Morgan fingerprint density at radius 1 is 1.38 bits per heavy atom. The van der Waals surface area contributed by atoms with Gasteiger partial charge < -0.3 is 15.5 Å². The lowest BCUT2D eigenvalue weighted by Gasteiger charge is -2.32. The van der Waals surface area contributed by atoms with Gasteiger partial charge in [0.1, 0.15) is 5.01 Å². The molecule has 0 amide bonds. The Kier molecular flexibility index (Phi) is 7.99. The zero-order chi connectivity index (χ0) is 17.4. The van der Waals surface area contributed by atoms with Crippen LogP contribution in [-0.4, -0.2) is 49.1 Å². The van der Waals surface area contributed by atoms with Crippen LogP contribution >= 0.6 is 11.3 Å². The highest BCUT2D eigenvalue weighted by Gasteiger charge is 2.18. The van der Waals surface area contributed by atoms with Crippen LogP contribution in [0, 0.1) is 5.92 Å². The number of piperidine rings is 1. The molecule has 136 valence electrons. The number of hydrogen-bond donors (Lipinski definition) is 2. The second kappa shape index (κ2) is 9.99. The fourth-order valence-electron chi connectivity index (χ4n) is 3.02. The molecule has 1 aromatic heterocycles. The van der Waals surface area contributed by atoms with Crippen molar-refractivity contribution >= 4 is 17.3 Å². The summed E-state index contributed by atoms with van der Waals surface area (Å²) in [6, 6.07) is 0. The summed E-state index contributed by atoms with van der Waals surface area (Å²) in [7, 11) is 1.83. The molecule has 0 spiro atoms. The summed E-state index contributed by atoms with van der Waals surface area (Å²) < 4.78 is 0. The molecule has 0 bridgehead atoms. The molecule has 0 saturated carbocycles. The Labute approximate surface area is 151 Å². The molecule has 0 aromatic carbocycles. The predicted octanol–water partition coefficient (Wildman–Crippen LogP) is 3.05. The molecular formula is C18H33N5S. The number of hydrogen-bond acceptors (Lipinski definition) is 4. The number of likely N-dealkylation sites (tertiary alicyclic amines) is 1. The van der Waals surface area contributed by atoms with Crippen molar-refractivity contribution in [1.82, 2.24) is 20.5 Å². The number of aromatic nitrogens is 1. The van der Waals surface area contributed by atoms with E-state index in [2.05, 4.69) is 51.7 Å². The van der Waals surface area contributed by atoms with Crippen molar-refractivity contribution in [3.8, 4) is 0 Å². The van der Waals surface area contributed by atoms with E-state index in [4.69, 9.17) is 0 Å². The van der Waals surface area contributed by atoms with Crippen LogP contribution in [0.4, 0.5) is 0 Å². The predicted molar refractivity (Wildman–Crippen MR) is 104 cm³/mol. The smallest absolute Gasteiger partial charge is 0.191 e. The van der Waals surface area contributed by atoms with Gasteiger partial charge in [0.05, 0.1) is 12.2 Å². The van der Waals surface area contributed by atoms with Gasteiger partial charge in [0.2, 0.25) is 0 Å².